The van der Waals surface area contributed by atoms with Crippen LogP contribution in [0.4, 0.5) is 5.69 Å². The molecular formula is C25H37N. The molecule has 1 aliphatic heterocycles. The second-order valence-corrected chi connectivity index (χ2v) is 9.99. The Kier molecular flexibility index (Phi) is 5.05. The normalized spacial score (nSPS) is 28.3. The van der Waals surface area contributed by atoms with E-state index in [4.69, 9.17) is 0 Å². The van der Waals surface area contributed by atoms with Gasteiger partial charge in [-0.1, -0.05) is 64.5 Å². The van der Waals surface area contributed by atoms with E-state index < -0.39 is 0 Å². The molecule has 0 bridgehead atoms. The zero-order valence-electron chi connectivity index (χ0n) is 18.1. The Balaban J connectivity index is 2.10. The summed E-state index contributed by atoms with van der Waals surface area (Å²) in [4.78, 5) is 2.54. The van der Waals surface area contributed by atoms with Crippen LogP contribution in [0.5, 0.6) is 0 Å². The molecule has 0 aromatic heterocycles. The summed E-state index contributed by atoms with van der Waals surface area (Å²) in [5.41, 5.74) is 6.18. The van der Waals surface area contributed by atoms with Crippen LogP contribution in [0.3, 0.4) is 0 Å². The van der Waals surface area contributed by atoms with Gasteiger partial charge in [0.2, 0.25) is 0 Å². The van der Waals surface area contributed by atoms with Gasteiger partial charge in [0.1, 0.15) is 0 Å². The Morgan fingerprint density at radius 2 is 1.65 bits per heavy atom. The lowest BCUT2D eigenvalue weighted by molar-refractivity contribution is 0.219. The Morgan fingerprint density at radius 1 is 1.08 bits per heavy atom. The summed E-state index contributed by atoms with van der Waals surface area (Å²) >= 11 is 0. The summed E-state index contributed by atoms with van der Waals surface area (Å²) in [5, 5.41) is 0. The molecule has 2 radical (unpaired) electrons. The highest BCUT2D eigenvalue weighted by molar-refractivity contribution is 5.66. The van der Waals surface area contributed by atoms with Gasteiger partial charge in [-0.2, -0.15) is 0 Å². The molecule has 1 heterocycles. The number of nitrogens with zero attached hydrogens (tertiary/aromatic N) is 1. The molecule has 0 unspecified atom stereocenters. The number of hydrogen-bond acceptors (Lipinski definition) is 1. The van der Waals surface area contributed by atoms with Crippen molar-refractivity contribution in [1.82, 2.24) is 0 Å². The molecule has 0 N–H and O–H groups in total. The molecule has 1 aliphatic carbocycles. The van der Waals surface area contributed by atoms with Gasteiger partial charge >= 0.3 is 0 Å². The Morgan fingerprint density at radius 3 is 2.15 bits per heavy atom. The second kappa shape index (κ2) is 6.73. The average molecular weight is 352 g/mol. The van der Waals surface area contributed by atoms with Gasteiger partial charge in [-0.3, -0.25) is 0 Å². The monoisotopic (exact) mass is 351 g/mol. The number of hydrogen-bond donors (Lipinski definition) is 0. The van der Waals surface area contributed by atoms with E-state index in [0.29, 0.717) is 17.8 Å². The van der Waals surface area contributed by atoms with E-state index in [0.717, 1.165) is 0 Å². The number of benzene rings is 1. The third-order valence-electron chi connectivity index (χ3n) is 6.63. The summed E-state index contributed by atoms with van der Waals surface area (Å²) in [5.74, 6) is 1.60. The molecule has 1 aromatic rings. The fourth-order valence-corrected chi connectivity index (χ4v) is 5.12. The minimum Gasteiger partial charge on any atom is -0.355 e. The molecule has 1 heteroatoms. The van der Waals surface area contributed by atoms with Gasteiger partial charge in [-0.05, 0) is 68.9 Å². The van der Waals surface area contributed by atoms with Crippen LogP contribution in [0.1, 0.15) is 97.6 Å². The predicted octanol–water partition coefficient (Wildman–Crippen LogP) is 7.32. The first kappa shape index (κ1) is 19.5. The van der Waals surface area contributed by atoms with E-state index in [-0.39, 0.29) is 11.0 Å². The number of rotatable bonds is 3. The highest BCUT2D eigenvalue weighted by atomic mass is 15.2. The molecule has 0 saturated carbocycles. The van der Waals surface area contributed by atoms with E-state index >= 15 is 0 Å². The lowest BCUT2D eigenvalue weighted by Gasteiger charge is -2.38. The summed E-state index contributed by atoms with van der Waals surface area (Å²) in [7, 11) is 0. The quantitative estimate of drug-likeness (QED) is 0.515. The van der Waals surface area contributed by atoms with Crippen molar-refractivity contribution in [3.05, 3.63) is 47.5 Å². The Hall–Kier alpha value is -1.24. The summed E-state index contributed by atoms with van der Waals surface area (Å²) in [6.07, 6.45) is 6.13. The molecule has 3 rings (SSSR count). The number of anilines is 1. The van der Waals surface area contributed by atoms with Crippen LogP contribution in [-0.2, 0) is 0 Å². The lowest BCUT2D eigenvalue weighted by Crippen LogP contribution is -2.37. The van der Waals surface area contributed by atoms with Gasteiger partial charge < -0.3 is 4.90 Å². The first-order chi connectivity index (χ1) is 12.1. The molecule has 1 nitrogen and oxygen atoms in total. The van der Waals surface area contributed by atoms with E-state index in [2.05, 4.69) is 91.1 Å². The maximum atomic E-state index is 4.06. The zero-order chi connectivity index (χ0) is 19.3. The van der Waals surface area contributed by atoms with Crippen molar-refractivity contribution in [2.75, 3.05) is 4.90 Å². The predicted molar refractivity (Wildman–Crippen MR) is 114 cm³/mol. The zero-order valence-corrected chi connectivity index (χ0v) is 18.1. The van der Waals surface area contributed by atoms with Crippen LogP contribution >= 0.6 is 0 Å². The van der Waals surface area contributed by atoms with E-state index in [1.54, 1.807) is 5.57 Å². The van der Waals surface area contributed by atoms with E-state index in [9.17, 15) is 0 Å². The van der Waals surface area contributed by atoms with Crippen LogP contribution in [0, 0.1) is 17.9 Å². The highest BCUT2D eigenvalue weighted by Gasteiger charge is 2.53. The summed E-state index contributed by atoms with van der Waals surface area (Å²) in [6, 6.07) is 6.88. The molecule has 26 heavy (non-hydrogen) atoms. The van der Waals surface area contributed by atoms with E-state index in [1.807, 2.05) is 0 Å². The van der Waals surface area contributed by atoms with Crippen molar-refractivity contribution in [2.24, 2.45) is 11.3 Å². The van der Waals surface area contributed by atoms with Gasteiger partial charge in [0.05, 0.1) is 6.54 Å². The van der Waals surface area contributed by atoms with Gasteiger partial charge in [0, 0.05) is 16.6 Å². The SMILES string of the molecule is CC1=C[C@@H](C)[C@@]2([C]N(c3c(C(C)C)cccc3C(C)C)C(C)(C)C2)CC1. The third-order valence-corrected chi connectivity index (χ3v) is 6.63. The minimum atomic E-state index is 0.0992. The van der Waals surface area contributed by atoms with Crippen LogP contribution < -0.4 is 4.90 Å². The fourth-order valence-electron chi connectivity index (χ4n) is 5.12. The molecule has 1 spiro atoms. The Labute approximate surface area is 161 Å². The van der Waals surface area contributed by atoms with E-state index in [1.165, 1.54) is 36.1 Å². The van der Waals surface area contributed by atoms with Crippen molar-refractivity contribution >= 4 is 5.69 Å². The van der Waals surface area contributed by atoms with Crippen molar-refractivity contribution in [3.63, 3.8) is 0 Å². The molecule has 2 aliphatic rings. The smallest absolute Gasteiger partial charge is 0.0992 e. The first-order valence-corrected chi connectivity index (χ1v) is 10.5. The van der Waals surface area contributed by atoms with Gasteiger partial charge in [-0.15, -0.1) is 0 Å². The van der Waals surface area contributed by atoms with Crippen molar-refractivity contribution in [3.8, 4) is 0 Å². The van der Waals surface area contributed by atoms with Gasteiger partial charge in [-0.25, -0.2) is 0 Å². The van der Waals surface area contributed by atoms with Crippen LogP contribution in [0.25, 0.3) is 0 Å². The van der Waals surface area contributed by atoms with Gasteiger partial charge in [0.15, 0.2) is 0 Å². The summed E-state index contributed by atoms with van der Waals surface area (Å²) in [6.45, 7) is 22.8. The fraction of sp³-hybridized carbons (Fsp3) is 0.640. The molecule has 1 fully saturated rings. The Bertz CT molecular complexity index is 668. The maximum absolute atomic E-state index is 4.06. The van der Waals surface area contributed by atoms with Crippen LogP contribution in [0.15, 0.2) is 29.8 Å². The average Bonchev–Trinajstić information content (AvgIpc) is 2.82. The highest BCUT2D eigenvalue weighted by Crippen LogP contribution is 2.57. The minimum absolute atomic E-state index is 0.0992. The van der Waals surface area contributed by atoms with Crippen molar-refractivity contribution in [1.29, 1.82) is 0 Å². The van der Waals surface area contributed by atoms with Crippen LogP contribution in [-0.4, -0.2) is 5.54 Å². The molecule has 0 amide bonds. The number of para-hydroxylation sites is 1. The molecule has 1 aromatic carbocycles. The maximum Gasteiger partial charge on any atom is 0.0992 e. The first-order valence-electron chi connectivity index (χ1n) is 10.5. The summed E-state index contributed by atoms with van der Waals surface area (Å²) < 4.78 is 0. The second-order valence-electron chi connectivity index (χ2n) is 9.99. The lowest BCUT2D eigenvalue weighted by atomic mass is 9.66. The molecule has 142 valence electrons. The third kappa shape index (κ3) is 3.23. The van der Waals surface area contributed by atoms with Gasteiger partial charge in [0.25, 0.3) is 0 Å². The largest absolute Gasteiger partial charge is 0.355 e. The number of allylic oxidation sites excluding steroid dienone is 2. The molecular weight excluding hydrogens is 314 g/mol. The van der Waals surface area contributed by atoms with Crippen molar-refractivity contribution in [2.45, 2.75) is 92.0 Å². The molecule has 1 saturated heterocycles. The van der Waals surface area contributed by atoms with Crippen molar-refractivity contribution < 1.29 is 0 Å². The molecule has 2 atom stereocenters. The topological polar surface area (TPSA) is 3.24 Å². The standard InChI is InChI=1S/C25H37N/c1-17(2)21-10-9-11-22(18(3)4)23(21)26-16-25(15-24(26,7)8)13-12-19(5)14-20(25)6/h9-11,14,17-18,20H,12-13,15H2,1-8H3/t20-,25+/m1/s1. The van der Waals surface area contributed by atoms with Crippen LogP contribution in [0.2, 0.25) is 0 Å².